The van der Waals surface area contributed by atoms with E-state index in [-0.39, 0.29) is 18.9 Å². The van der Waals surface area contributed by atoms with Crippen LogP contribution in [0.2, 0.25) is 0 Å². The second-order valence-corrected chi connectivity index (χ2v) is 5.75. The van der Waals surface area contributed by atoms with Gasteiger partial charge in [-0.2, -0.15) is 0 Å². The highest BCUT2D eigenvalue weighted by molar-refractivity contribution is 5.77. The number of aliphatic hydroxyl groups excluding tert-OH is 1. The van der Waals surface area contributed by atoms with Gasteiger partial charge in [0.1, 0.15) is 5.75 Å². The van der Waals surface area contributed by atoms with Crippen molar-refractivity contribution in [2.45, 2.75) is 51.6 Å². The number of benzene rings is 1. The Morgan fingerprint density at radius 1 is 1.12 bits per heavy atom. The predicted octanol–water partition coefficient (Wildman–Crippen LogP) is 2.14. The van der Waals surface area contributed by atoms with Crippen LogP contribution in [0.1, 0.15) is 44.6 Å². The smallest absolute Gasteiger partial charge is 0.332 e. The standard InChI is InChI=1S/C18H27NO5/c1-2-3-4-5-6-11-19-17(21)13-24-15-9-7-14(8-10-15)12-16(20)18(22)23/h7-10,16,20H,2-6,11-13H2,1H3,(H,19,21)(H,22,23)/t16-/m0/s1. The normalized spacial score (nSPS) is 11.8. The van der Waals surface area contributed by atoms with Crippen LogP contribution in [0.25, 0.3) is 0 Å². The van der Waals surface area contributed by atoms with Gasteiger partial charge in [-0.15, -0.1) is 0 Å². The molecule has 1 amide bonds. The van der Waals surface area contributed by atoms with Gasteiger partial charge >= 0.3 is 5.97 Å². The minimum atomic E-state index is -1.42. The van der Waals surface area contributed by atoms with Gasteiger partial charge in [-0.1, -0.05) is 44.7 Å². The molecule has 0 aromatic heterocycles. The molecular weight excluding hydrogens is 310 g/mol. The van der Waals surface area contributed by atoms with Gasteiger partial charge in [-0.05, 0) is 24.1 Å². The van der Waals surface area contributed by atoms with Crippen molar-refractivity contribution in [2.24, 2.45) is 0 Å². The Morgan fingerprint density at radius 2 is 1.79 bits per heavy atom. The molecule has 6 nitrogen and oxygen atoms in total. The number of ether oxygens (including phenoxy) is 1. The molecule has 1 atom stereocenters. The van der Waals surface area contributed by atoms with Gasteiger partial charge in [-0.25, -0.2) is 4.79 Å². The number of hydrogen-bond acceptors (Lipinski definition) is 4. The molecular formula is C18H27NO5. The van der Waals surface area contributed by atoms with Gasteiger partial charge in [0, 0.05) is 13.0 Å². The Hall–Kier alpha value is -2.08. The Balaban J connectivity index is 2.22. The van der Waals surface area contributed by atoms with E-state index >= 15 is 0 Å². The number of hydrogen-bond donors (Lipinski definition) is 3. The predicted molar refractivity (Wildman–Crippen MR) is 91.1 cm³/mol. The summed E-state index contributed by atoms with van der Waals surface area (Å²) in [6.07, 6.45) is 4.36. The van der Waals surface area contributed by atoms with Crippen molar-refractivity contribution in [3.05, 3.63) is 29.8 Å². The zero-order chi connectivity index (χ0) is 17.8. The first-order chi connectivity index (χ1) is 11.5. The van der Waals surface area contributed by atoms with Gasteiger partial charge < -0.3 is 20.3 Å². The summed E-state index contributed by atoms with van der Waals surface area (Å²) in [5, 5.41) is 20.8. The second kappa shape index (κ2) is 11.5. The lowest BCUT2D eigenvalue weighted by Gasteiger charge is -2.09. The largest absolute Gasteiger partial charge is 0.484 e. The van der Waals surface area contributed by atoms with Crippen molar-refractivity contribution in [1.82, 2.24) is 5.32 Å². The zero-order valence-electron chi connectivity index (χ0n) is 14.2. The fourth-order valence-corrected chi connectivity index (χ4v) is 2.19. The molecule has 0 fully saturated rings. The van der Waals surface area contributed by atoms with Crippen LogP contribution in [0.15, 0.2) is 24.3 Å². The lowest BCUT2D eigenvalue weighted by atomic mass is 10.1. The first kappa shape index (κ1) is 20.0. The van der Waals surface area contributed by atoms with Crippen LogP contribution in [0.4, 0.5) is 0 Å². The molecule has 0 spiro atoms. The van der Waals surface area contributed by atoms with E-state index in [0.29, 0.717) is 17.9 Å². The van der Waals surface area contributed by atoms with Gasteiger partial charge in [0.2, 0.25) is 0 Å². The fraction of sp³-hybridized carbons (Fsp3) is 0.556. The van der Waals surface area contributed by atoms with E-state index in [0.717, 1.165) is 12.8 Å². The van der Waals surface area contributed by atoms with Gasteiger partial charge in [0.05, 0.1) is 0 Å². The Labute approximate surface area is 142 Å². The van der Waals surface area contributed by atoms with Crippen molar-refractivity contribution in [1.29, 1.82) is 0 Å². The summed E-state index contributed by atoms with van der Waals surface area (Å²) >= 11 is 0. The van der Waals surface area contributed by atoms with E-state index in [2.05, 4.69) is 12.2 Å². The monoisotopic (exact) mass is 337 g/mol. The summed E-state index contributed by atoms with van der Waals surface area (Å²) in [5.74, 6) is -0.876. The second-order valence-electron chi connectivity index (χ2n) is 5.75. The van der Waals surface area contributed by atoms with Crippen LogP contribution >= 0.6 is 0 Å². The number of nitrogens with one attached hydrogen (secondary N) is 1. The highest BCUT2D eigenvalue weighted by Crippen LogP contribution is 2.13. The van der Waals surface area contributed by atoms with E-state index < -0.39 is 12.1 Å². The summed E-state index contributed by atoms with van der Waals surface area (Å²) in [6, 6.07) is 6.66. The quantitative estimate of drug-likeness (QED) is 0.508. The van der Waals surface area contributed by atoms with Crippen molar-refractivity contribution in [3.8, 4) is 5.75 Å². The summed E-state index contributed by atoms with van der Waals surface area (Å²) in [4.78, 5) is 22.2. The molecule has 134 valence electrons. The lowest BCUT2D eigenvalue weighted by molar-refractivity contribution is -0.146. The number of aliphatic hydroxyl groups is 1. The fourth-order valence-electron chi connectivity index (χ4n) is 2.19. The number of aliphatic carboxylic acids is 1. The topological polar surface area (TPSA) is 95.9 Å². The van der Waals surface area contributed by atoms with E-state index in [1.165, 1.54) is 19.3 Å². The number of rotatable bonds is 12. The minimum absolute atomic E-state index is 0.0358. The molecule has 0 bridgehead atoms. The van der Waals surface area contributed by atoms with Gasteiger partial charge in [-0.3, -0.25) is 4.79 Å². The van der Waals surface area contributed by atoms with Crippen LogP contribution < -0.4 is 10.1 Å². The number of unbranched alkanes of at least 4 members (excludes halogenated alkanes) is 4. The van der Waals surface area contributed by atoms with Gasteiger partial charge in [0.15, 0.2) is 12.7 Å². The summed E-state index contributed by atoms with van der Waals surface area (Å²) in [7, 11) is 0. The van der Waals surface area contributed by atoms with E-state index in [4.69, 9.17) is 9.84 Å². The molecule has 0 heterocycles. The Morgan fingerprint density at radius 3 is 2.42 bits per heavy atom. The number of carbonyl (C=O) groups excluding carboxylic acids is 1. The molecule has 0 saturated heterocycles. The molecule has 6 heteroatoms. The maximum Gasteiger partial charge on any atom is 0.332 e. The molecule has 1 rings (SSSR count). The molecule has 1 aromatic carbocycles. The van der Waals surface area contributed by atoms with Crippen LogP contribution in [0.3, 0.4) is 0 Å². The van der Waals surface area contributed by atoms with Crippen molar-refractivity contribution >= 4 is 11.9 Å². The minimum Gasteiger partial charge on any atom is -0.484 e. The Bertz CT molecular complexity index is 501. The van der Waals surface area contributed by atoms with E-state index in [9.17, 15) is 14.7 Å². The SMILES string of the molecule is CCCCCCCNC(=O)COc1ccc(C[C@H](O)C(=O)O)cc1. The molecule has 0 unspecified atom stereocenters. The van der Waals surface area contributed by atoms with E-state index in [1.807, 2.05) is 0 Å². The maximum atomic E-state index is 11.7. The van der Waals surface area contributed by atoms with Crippen LogP contribution in [-0.2, 0) is 16.0 Å². The third-order valence-corrected chi connectivity index (χ3v) is 3.61. The molecule has 0 radical (unpaired) electrons. The molecule has 24 heavy (non-hydrogen) atoms. The average Bonchev–Trinajstić information content (AvgIpc) is 2.57. The highest BCUT2D eigenvalue weighted by atomic mass is 16.5. The highest BCUT2D eigenvalue weighted by Gasteiger charge is 2.13. The third-order valence-electron chi connectivity index (χ3n) is 3.61. The number of carboxylic acids is 1. The molecule has 0 aliphatic heterocycles. The molecule has 0 aliphatic rings. The van der Waals surface area contributed by atoms with Crippen molar-refractivity contribution < 1.29 is 24.5 Å². The van der Waals surface area contributed by atoms with Crippen molar-refractivity contribution in [3.63, 3.8) is 0 Å². The summed E-state index contributed by atoms with van der Waals surface area (Å²) in [5.41, 5.74) is 0.689. The third kappa shape index (κ3) is 8.53. The molecule has 1 aromatic rings. The van der Waals surface area contributed by atoms with Crippen LogP contribution in [0.5, 0.6) is 5.75 Å². The average molecular weight is 337 g/mol. The number of carboxylic acid groups (broad SMARTS) is 1. The van der Waals surface area contributed by atoms with Crippen molar-refractivity contribution in [2.75, 3.05) is 13.2 Å². The summed E-state index contributed by atoms with van der Waals surface area (Å²) < 4.78 is 5.38. The van der Waals surface area contributed by atoms with Crippen LogP contribution in [0, 0.1) is 0 Å². The maximum absolute atomic E-state index is 11.7. The Kier molecular flexibility index (Phi) is 9.53. The van der Waals surface area contributed by atoms with Gasteiger partial charge in [0.25, 0.3) is 5.91 Å². The lowest BCUT2D eigenvalue weighted by Crippen LogP contribution is -2.29. The molecule has 3 N–H and O–H groups in total. The zero-order valence-corrected chi connectivity index (χ0v) is 14.2. The summed E-state index contributed by atoms with van der Waals surface area (Å²) in [6.45, 7) is 2.78. The first-order valence-corrected chi connectivity index (χ1v) is 8.42. The van der Waals surface area contributed by atoms with Crippen LogP contribution in [-0.4, -0.2) is 41.3 Å². The number of carbonyl (C=O) groups is 2. The number of amides is 1. The molecule has 0 saturated carbocycles. The first-order valence-electron chi connectivity index (χ1n) is 8.42. The van der Waals surface area contributed by atoms with E-state index in [1.54, 1.807) is 24.3 Å². The molecule has 0 aliphatic carbocycles.